The number of likely N-dealkylation sites (N-methyl/N-ethyl adjacent to an activating group) is 1. The van der Waals surface area contributed by atoms with Crippen LogP contribution in [-0.2, 0) is 6.42 Å². The van der Waals surface area contributed by atoms with Gasteiger partial charge in [-0.3, -0.25) is 4.90 Å². The van der Waals surface area contributed by atoms with Crippen molar-refractivity contribution in [3.8, 4) is 5.75 Å². The Morgan fingerprint density at radius 1 is 1.25 bits per heavy atom. The van der Waals surface area contributed by atoms with Crippen LogP contribution >= 0.6 is 0 Å². The van der Waals surface area contributed by atoms with Crippen molar-refractivity contribution in [3.05, 3.63) is 29.8 Å². The van der Waals surface area contributed by atoms with E-state index in [4.69, 9.17) is 10.5 Å². The number of hydrogen-bond donors (Lipinski definition) is 1. The van der Waals surface area contributed by atoms with Crippen LogP contribution in [0.5, 0.6) is 5.75 Å². The lowest BCUT2D eigenvalue weighted by molar-refractivity contribution is 0.0546. The van der Waals surface area contributed by atoms with Crippen LogP contribution in [0.2, 0.25) is 0 Å². The average molecular weight is 277 g/mol. The Bertz CT molecular complexity index is 425. The molecule has 4 nitrogen and oxygen atoms in total. The summed E-state index contributed by atoms with van der Waals surface area (Å²) >= 11 is 0. The van der Waals surface area contributed by atoms with Crippen LogP contribution in [0, 0.1) is 0 Å². The number of hydrogen-bond acceptors (Lipinski definition) is 4. The van der Waals surface area contributed by atoms with Gasteiger partial charge in [0, 0.05) is 32.6 Å². The van der Waals surface area contributed by atoms with E-state index in [-0.39, 0.29) is 5.66 Å². The Morgan fingerprint density at radius 2 is 1.95 bits per heavy atom. The van der Waals surface area contributed by atoms with Gasteiger partial charge in [-0.1, -0.05) is 12.1 Å². The number of rotatable bonds is 5. The van der Waals surface area contributed by atoms with Crippen molar-refractivity contribution in [2.45, 2.75) is 25.9 Å². The van der Waals surface area contributed by atoms with Crippen molar-refractivity contribution in [1.29, 1.82) is 0 Å². The summed E-state index contributed by atoms with van der Waals surface area (Å²) in [5.74, 6) is 0.930. The van der Waals surface area contributed by atoms with E-state index in [9.17, 15) is 0 Å². The fraction of sp³-hybridized carbons (Fsp3) is 0.625. The number of piperazine rings is 1. The summed E-state index contributed by atoms with van der Waals surface area (Å²) in [6.07, 6.45) is 0.845. The molecule has 0 bridgehead atoms. The van der Waals surface area contributed by atoms with Gasteiger partial charge >= 0.3 is 0 Å². The minimum atomic E-state index is -0.300. The maximum absolute atomic E-state index is 6.56. The first-order chi connectivity index (χ1) is 9.51. The Morgan fingerprint density at radius 3 is 2.60 bits per heavy atom. The molecule has 0 radical (unpaired) electrons. The fourth-order valence-corrected chi connectivity index (χ4v) is 2.75. The number of nitrogens with zero attached hydrogens (tertiary/aromatic N) is 2. The Balaban J connectivity index is 2.01. The van der Waals surface area contributed by atoms with Crippen molar-refractivity contribution in [1.82, 2.24) is 9.80 Å². The topological polar surface area (TPSA) is 41.7 Å². The molecule has 4 heteroatoms. The van der Waals surface area contributed by atoms with Crippen molar-refractivity contribution in [2.75, 3.05) is 39.8 Å². The van der Waals surface area contributed by atoms with Crippen molar-refractivity contribution in [3.63, 3.8) is 0 Å². The molecule has 1 aromatic carbocycles. The first kappa shape index (κ1) is 15.3. The van der Waals surface area contributed by atoms with Crippen molar-refractivity contribution < 1.29 is 4.74 Å². The van der Waals surface area contributed by atoms with Crippen LogP contribution < -0.4 is 10.5 Å². The lowest BCUT2D eigenvalue weighted by atomic mass is 9.99. The lowest BCUT2D eigenvalue weighted by Crippen LogP contribution is -2.60. The smallest absolute Gasteiger partial charge is 0.119 e. The number of nitrogens with two attached hydrogens (primary N) is 1. The van der Waals surface area contributed by atoms with Gasteiger partial charge in [-0.2, -0.15) is 0 Å². The summed E-state index contributed by atoms with van der Waals surface area (Å²) < 4.78 is 5.56. The van der Waals surface area contributed by atoms with Crippen LogP contribution in [0.25, 0.3) is 0 Å². The molecule has 1 unspecified atom stereocenters. The maximum atomic E-state index is 6.56. The van der Waals surface area contributed by atoms with E-state index in [2.05, 4.69) is 35.9 Å². The summed E-state index contributed by atoms with van der Waals surface area (Å²) in [6, 6.07) is 8.27. The molecule has 20 heavy (non-hydrogen) atoms. The summed E-state index contributed by atoms with van der Waals surface area (Å²) in [6.45, 7) is 9.08. The first-order valence-electron chi connectivity index (χ1n) is 7.45. The van der Waals surface area contributed by atoms with E-state index in [1.54, 1.807) is 0 Å². The molecule has 1 saturated heterocycles. The molecule has 1 aromatic rings. The standard InChI is InChI=1S/C16H27N3O/c1-4-20-15-7-5-6-14(12-15)13-16(2,17)19-10-8-18(3)9-11-19/h5-7,12H,4,8-11,13,17H2,1-3H3. The molecule has 1 heterocycles. The van der Waals surface area contributed by atoms with E-state index in [1.165, 1.54) is 5.56 Å². The summed E-state index contributed by atoms with van der Waals surface area (Å²) in [5.41, 5.74) is 7.50. The molecule has 2 rings (SSSR count). The van der Waals surface area contributed by atoms with Gasteiger partial charge in [0.1, 0.15) is 5.75 Å². The minimum Gasteiger partial charge on any atom is -0.494 e. The predicted octanol–water partition coefficient (Wildman–Crippen LogP) is 1.55. The van der Waals surface area contributed by atoms with Crippen LogP contribution in [0.3, 0.4) is 0 Å². The molecule has 1 atom stereocenters. The Hall–Kier alpha value is -1.10. The van der Waals surface area contributed by atoms with E-state index in [0.29, 0.717) is 6.61 Å². The van der Waals surface area contributed by atoms with Gasteiger partial charge in [-0.15, -0.1) is 0 Å². The Labute approximate surface area is 122 Å². The maximum Gasteiger partial charge on any atom is 0.119 e. The van der Waals surface area contributed by atoms with Crippen molar-refractivity contribution in [2.24, 2.45) is 5.73 Å². The van der Waals surface area contributed by atoms with Gasteiger partial charge in [0.05, 0.1) is 12.3 Å². The second kappa shape index (κ2) is 6.57. The van der Waals surface area contributed by atoms with Crippen molar-refractivity contribution >= 4 is 0 Å². The van der Waals surface area contributed by atoms with Gasteiger partial charge in [0.2, 0.25) is 0 Å². The molecule has 1 aliphatic rings. The molecule has 112 valence electrons. The molecule has 0 amide bonds. The van der Waals surface area contributed by atoms with E-state index in [0.717, 1.165) is 38.3 Å². The molecule has 0 saturated carbocycles. The largest absolute Gasteiger partial charge is 0.494 e. The molecule has 0 aromatic heterocycles. The van der Waals surface area contributed by atoms with Gasteiger partial charge in [0.15, 0.2) is 0 Å². The zero-order valence-corrected chi connectivity index (χ0v) is 12.9. The quantitative estimate of drug-likeness (QED) is 0.886. The average Bonchev–Trinajstić information content (AvgIpc) is 2.39. The summed E-state index contributed by atoms with van der Waals surface area (Å²) in [7, 11) is 2.16. The normalized spacial score (nSPS) is 20.6. The van der Waals surface area contributed by atoms with E-state index < -0.39 is 0 Å². The zero-order valence-electron chi connectivity index (χ0n) is 12.9. The third-order valence-corrected chi connectivity index (χ3v) is 4.00. The molecule has 2 N–H and O–H groups in total. The number of benzene rings is 1. The second-order valence-electron chi connectivity index (χ2n) is 5.90. The highest BCUT2D eigenvalue weighted by Crippen LogP contribution is 2.20. The molecular formula is C16H27N3O. The third-order valence-electron chi connectivity index (χ3n) is 4.00. The van der Waals surface area contributed by atoms with Gasteiger partial charge < -0.3 is 15.4 Å². The van der Waals surface area contributed by atoms with E-state index >= 15 is 0 Å². The highest BCUT2D eigenvalue weighted by molar-refractivity contribution is 5.29. The van der Waals surface area contributed by atoms with Gasteiger partial charge in [-0.05, 0) is 38.6 Å². The second-order valence-corrected chi connectivity index (χ2v) is 5.90. The molecular weight excluding hydrogens is 250 g/mol. The van der Waals surface area contributed by atoms with E-state index in [1.807, 2.05) is 19.1 Å². The highest BCUT2D eigenvalue weighted by atomic mass is 16.5. The zero-order chi connectivity index (χ0) is 14.6. The molecule has 1 aliphatic heterocycles. The van der Waals surface area contributed by atoms with Crippen LogP contribution in [0.1, 0.15) is 19.4 Å². The van der Waals surface area contributed by atoms with Gasteiger partial charge in [-0.25, -0.2) is 0 Å². The van der Waals surface area contributed by atoms with Crippen LogP contribution in [0.4, 0.5) is 0 Å². The Kier molecular flexibility index (Phi) is 5.02. The molecule has 0 aliphatic carbocycles. The first-order valence-corrected chi connectivity index (χ1v) is 7.45. The SMILES string of the molecule is CCOc1cccc(CC(C)(N)N2CCN(C)CC2)c1. The number of ether oxygens (including phenoxy) is 1. The third kappa shape index (κ3) is 3.95. The predicted molar refractivity (Wildman–Crippen MR) is 83.0 cm³/mol. The highest BCUT2D eigenvalue weighted by Gasteiger charge is 2.29. The fourth-order valence-electron chi connectivity index (χ4n) is 2.75. The minimum absolute atomic E-state index is 0.300. The summed E-state index contributed by atoms with van der Waals surface area (Å²) in [5, 5.41) is 0. The molecule has 1 fully saturated rings. The summed E-state index contributed by atoms with van der Waals surface area (Å²) in [4.78, 5) is 4.74. The van der Waals surface area contributed by atoms with Gasteiger partial charge in [0.25, 0.3) is 0 Å². The monoisotopic (exact) mass is 277 g/mol. The van der Waals surface area contributed by atoms with Crippen LogP contribution in [0.15, 0.2) is 24.3 Å². The molecule has 0 spiro atoms. The lowest BCUT2D eigenvalue weighted by Gasteiger charge is -2.43. The van der Waals surface area contributed by atoms with Crippen LogP contribution in [-0.4, -0.2) is 55.3 Å².